The van der Waals surface area contributed by atoms with Crippen molar-refractivity contribution < 1.29 is 18.7 Å². The van der Waals surface area contributed by atoms with Gasteiger partial charge in [0.2, 0.25) is 5.89 Å². The maximum atomic E-state index is 11.2. The molecule has 0 saturated carbocycles. The number of methoxy groups -OCH3 is 1. The number of para-hydroxylation sites is 1. The van der Waals surface area contributed by atoms with E-state index in [1.54, 1.807) is 18.2 Å². The number of aromatic nitrogens is 1. The van der Waals surface area contributed by atoms with E-state index in [1.807, 2.05) is 30.3 Å². The predicted molar refractivity (Wildman–Crippen MR) is 72.5 cm³/mol. The maximum absolute atomic E-state index is 11.2. The van der Waals surface area contributed by atoms with Crippen LogP contribution in [0.15, 0.2) is 52.9 Å². The highest BCUT2D eigenvalue weighted by Crippen LogP contribution is 2.30. The normalized spacial score (nSPS) is 10.4. The lowest BCUT2D eigenvalue weighted by Crippen LogP contribution is -2.07. The Morgan fingerprint density at radius 2 is 1.90 bits per heavy atom. The van der Waals surface area contributed by atoms with Crippen molar-refractivity contribution in [1.82, 2.24) is 4.98 Å². The number of ether oxygens (including phenoxy) is 2. The largest absolute Gasteiger partial charge is 0.513 e. The zero-order chi connectivity index (χ0) is 13.9. The summed E-state index contributed by atoms with van der Waals surface area (Å²) in [5.41, 5.74) is 1.88. The van der Waals surface area contributed by atoms with Crippen LogP contribution < -0.4 is 4.74 Å². The van der Waals surface area contributed by atoms with Gasteiger partial charge < -0.3 is 13.9 Å². The smallest absolute Gasteiger partial charge is 0.437 e. The van der Waals surface area contributed by atoms with Crippen molar-refractivity contribution in [2.45, 2.75) is 0 Å². The summed E-state index contributed by atoms with van der Waals surface area (Å²) in [5.74, 6) is 0.755. The lowest BCUT2D eigenvalue weighted by Gasteiger charge is -2.01. The van der Waals surface area contributed by atoms with Crippen LogP contribution in [0.4, 0.5) is 4.79 Å². The first kappa shape index (κ1) is 12.2. The summed E-state index contributed by atoms with van der Waals surface area (Å²) >= 11 is 0. The highest BCUT2D eigenvalue weighted by atomic mass is 16.7. The Kier molecular flexibility index (Phi) is 3.09. The molecule has 5 heteroatoms. The molecule has 0 saturated heterocycles. The van der Waals surface area contributed by atoms with Crippen LogP contribution >= 0.6 is 0 Å². The van der Waals surface area contributed by atoms with Crippen LogP contribution in [0.3, 0.4) is 0 Å². The zero-order valence-corrected chi connectivity index (χ0v) is 10.7. The Balaban J connectivity index is 2.07. The first-order chi connectivity index (χ1) is 9.78. The van der Waals surface area contributed by atoms with Crippen molar-refractivity contribution in [2.75, 3.05) is 7.11 Å². The quantitative estimate of drug-likeness (QED) is 0.525. The van der Waals surface area contributed by atoms with Gasteiger partial charge in [-0.05, 0) is 24.3 Å². The number of nitrogens with zero attached hydrogens (tertiary/aromatic N) is 1. The van der Waals surface area contributed by atoms with Gasteiger partial charge in [0.25, 0.3) is 0 Å². The summed E-state index contributed by atoms with van der Waals surface area (Å²) in [6.07, 6.45) is -0.796. The fraction of sp³-hybridized carbons (Fsp3) is 0.0667. The van der Waals surface area contributed by atoms with E-state index in [-0.39, 0.29) is 5.75 Å². The second-order valence-electron chi connectivity index (χ2n) is 4.05. The molecule has 20 heavy (non-hydrogen) atoms. The van der Waals surface area contributed by atoms with E-state index in [0.717, 1.165) is 5.56 Å². The Labute approximate surface area is 114 Å². The molecule has 0 aliphatic carbocycles. The minimum absolute atomic E-state index is 0.282. The van der Waals surface area contributed by atoms with Crippen LogP contribution in [0.25, 0.3) is 22.6 Å². The van der Waals surface area contributed by atoms with E-state index in [0.29, 0.717) is 17.0 Å². The van der Waals surface area contributed by atoms with Crippen molar-refractivity contribution in [1.29, 1.82) is 0 Å². The van der Waals surface area contributed by atoms with Crippen LogP contribution in [0.1, 0.15) is 0 Å². The van der Waals surface area contributed by atoms with Crippen molar-refractivity contribution in [3.63, 3.8) is 0 Å². The first-order valence-electron chi connectivity index (χ1n) is 5.98. The Bertz CT molecular complexity index is 749. The summed E-state index contributed by atoms with van der Waals surface area (Å²) in [7, 11) is 1.25. The number of rotatable bonds is 2. The molecule has 0 aliphatic rings. The average Bonchev–Trinajstić information content (AvgIpc) is 2.93. The number of hydrogen-bond donors (Lipinski definition) is 0. The third kappa shape index (κ3) is 2.21. The molecule has 0 spiro atoms. The number of carbonyl (C=O) groups excluding carboxylic acids is 1. The maximum Gasteiger partial charge on any atom is 0.513 e. The van der Waals surface area contributed by atoms with Gasteiger partial charge in [0.15, 0.2) is 11.3 Å². The molecule has 0 N–H and O–H groups in total. The van der Waals surface area contributed by atoms with Gasteiger partial charge >= 0.3 is 6.16 Å². The van der Waals surface area contributed by atoms with Crippen molar-refractivity contribution in [3.05, 3.63) is 48.5 Å². The van der Waals surface area contributed by atoms with Gasteiger partial charge in [-0.2, -0.15) is 0 Å². The van der Waals surface area contributed by atoms with E-state index >= 15 is 0 Å². The third-order valence-electron chi connectivity index (χ3n) is 2.76. The number of benzene rings is 2. The number of carbonyl (C=O) groups is 1. The van der Waals surface area contributed by atoms with E-state index < -0.39 is 6.16 Å². The second-order valence-corrected chi connectivity index (χ2v) is 4.05. The van der Waals surface area contributed by atoms with Gasteiger partial charge in [-0.3, -0.25) is 0 Å². The van der Waals surface area contributed by atoms with Crippen LogP contribution in [0.2, 0.25) is 0 Å². The lowest BCUT2D eigenvalue weighted by atomic mass is 10.2. The van der Waals surface area contributed by atoms with Crippen molar-refractivity contribution >= 4 is 17.3 Å². The number of fused-ring (bicyclic) bond motifs is 1. The predicted octanol–water partition coefficient (Wildman–Crippen LogP) is 3.64. The van der Waals surface area contributed by atoms with Gasteiger partial charge in [-0.15, -0.1) is 0 Å². The standard InChI is InChI=1S/C15H11NO4/c1-18-15(17)19-12-9-5-8-11-13(12)20-14(16-11)10-6-3-2-4-7-10/h2-9H,1H3. The Morgan fingerprint density at radius 1 is 1.10 bits per heavy atom. The monoisotopic (exact) mass is 269 g/mol. The van der Waals surface area contributed by atoms with Crippen molar-refractivity contribution in [3.8, 4) is 17.2 Å². The highest BCUT2D eigenvalue weighted by Gasteiger charge is 2.14. The fourth-order valence-electron chi connectivity index (χ4n) is 1.84. The molecule has 0 fully saturated rings. The summed E-state index contributed by atoms with van der Waals surface area (Å²) < 4.78 is 15.2. The molecule has 0 aliphatic heterocycles. The summed E-state index contributed by atoms with van der Waals surface area (Å²) in [6.45, 7) is 0. The van der Waals surface area contributed by atoms with Gasteiger partial charge in [0, 0.05) is 5.56 Å². The van der Waals surface area contributed by atoms with E-state index in [1.165, 1.54) is 7.11 Å². The molecule has 100 valence electrons. The fourth-order valence-corrected chi connectivity index (χ4v) is 1.84. The summed E-state index contributed by atoms with van der Waals surface area (Å²) in [4.78, 5) is 15.6. The van der Waals surface area contributed by atoms with E-state index in [9.17, 15) is 4.79 Å². The van der Waals surface area contributed by atoms with Gasteiger partial charge in [0.05, 0.1) is 7.11 Å². The van der Waals surface area contributed by atoms with Crippen LogP contribution in [-0.4, -0.2) is 18.2 Å². The molecule has 1 heterocycles. The molecule has 0 atom stereocenters. The summed E-state index contributed by atoms with van der Waals surface area (Å²) in [6, 6.07) is 14.6. The third-order valence-corrected chi connectivity index (χ3v) is 2.76. The molecule has 0 unspecified atom stereocenters. The molecular formula is C15H11NO4. The first-order valence-corrected chi connectivity index (χ1v) is 5.98. The van der Waals surface area contributed by atoms with Gasteiger partial charge in [-0.1, -0.05) is 24.3 Å². The molecule has 5 nitrogen and oxygen atoms in total. The lowest BCUT2D eigenvalue weighted by molar-refractivity contribution is 0.121. The number of oxazole rings is 1. The van der Waals surface area contributed by atoms with Crippen LogP contribution in [0, 0.1) is 0 Å². The molecule has 1 aromatic heterocycles. The van der Waals surface area contributed by atoms with Gasteiger partial charge in [-0.25, -0.2) is 9.78 Å². The summed E-state index contributed by atoms with van der Waals surface area (Å²) in [5, 5.41) is 0. The topological polar surface area (TPSA) is 61.6 Å². The zero-order valence-electron chi connectivity index (χ0n) is 10.7. The molecule has 3 rings (SSSR count). The van der Waals surface area contributed by atoms with E-state index in [2.05, 4.69) is 9.72 Å². The molecule has 2 aromatic carbocycles. The van der Waals surface area contributed by atoms with Crippen molar-refractivity contribution in [2.24, 2.45) is 0 Å². The molecule has 0 radical (unpaired) electrons. The molecular weight excluding hydrogens is 258 g/mol. The van der Waals surface area contributed by atoms with Crippen LogP contribution in [0.5, 0.6) is 5.75 Å². The molecule has 0 amide bonds. The Morgan fingerprint density at radius 3 is 2.65 bits per heavy atom. The van der Waals surface area contributed by atoms with Gasteiger partial charge in [0.1, 0.15) is 5.52 Å². The average molecular weight is 269 g/mol. The Hall–Kier alpha value is -2.82. The number of hydrogen-bond acceptors (Lipinski definition) is 5. The SMILES string of the molecule is COC(=O)Oc1cccc2nc(-c3ccccc3)oc12. The van der Waals surface area contributed by atoms with E-state index in [4.69, 9.17) is 9.15 Å². The second kappa shape index (κ2) is 5.05. The molecule has 0 bridgehead atoms. The minimum atomic E-state index is -0.796. The minimum Gasteiger partial charge on any atom is -0.437 e. The molecule has 3 aromatic rings. The highest BCUT2D eigenvalue weighted by molar-refractivity contribution is 5.83. The van der Waals surface area contributed by atoms with Crippen LogP contribution in [-0.2, 0) is 4.74 Å².